The minimum Gasteiger partial charge on any atom is -0.382 e. The van der Waals surface area contributed by atoms with E-state index in [2.05, 4.69) is 9.27 Å². The number of aromatic nitrogens is 1. The van der Waals surface area contributed by atoms with E-state index in [-0.39, 0.29) is 16.5 Å². The van der Waals surface area contributed by atoms with E-state index in [1.165, 1.54) is 0 Å². The van der Waals surface area contributed by atoms with Crippen LogP contribution in [0.1, 0.15) is 13.3 Å². The van der Waals surface area contributed by atoms with Gasteiger partial charge in [0.25, 0.3) is 0 Å². The normalized spacial score (nSPS) is 12.1. The fourth-order valence-corrected chi connectivity index (χ4v) is 4.01. The van der Waals surface area contributed by atoms with Crippen LogP contribution in [0, 0.1) is 0 Å². The Bertz CT molecular complexity index is 511. The first kappa shape index (κ1) is 16.2. The van der Waals surface area contributed by atoms with Crippen molar-refractivity contribution in [3.63, 3.8) is 0 Å². The summed E-state index contributed by atoms with van der Waals surface area (Å²) in [6.45, 7) is 3.34. The molecule has 6 nitrogen and oxygen atoms in total. The summed E-state index contributed by atoms with van der Waals surface area (Å²) < 4.78 is 28.1. The van der Waals surface area contributed by atoms with Crippen LogP contribution in [-0.2, 0) is 9.84 Å². The highest BCUT2D eigenvalue weighted by Crippen LogP contribution is 2.34. The first-order valence-corrected chi connectivity index (χ1v) is 8.56. The van der Waals surface area contributed by atoms with Gasteiger partial charge in [0.1, 0.15) is 9.90 Å². The number of nitrogens with zero attached hydrogens (tertiary/aromatic N) is 3. The second kappa shape index (κ2) is 6.53. The second-order valence-corrected chi connectivity index (χ2v) is 7.65. The number of nitrogens with two attached hydrogens (primary N) is 1. The number of hydrogen-bond acceptors (Lipinski definition) is 7. The van der Waals surface area contributed by atoms with Gasteiger partial charge in [-0.15, -0.1) is 0 Å². The summed E-state index contributed by atoms with van der Waals surface area (Å²) in [5, 5.41) is 0.637. The van der Waals surface area contributed by atoms with Gasteiger partial charge in [-0.25, -0.2) is 8.42 Å². The lowest BCUT2D eigenvalue weighted by molar-refractivity contribution is 0.402. The van der Waals surface area contributed by atoms with E-state index < -0.39 is 9.84 Å². The molecular weight excluding hydrogens is 284 g/mol. The third-order valence-corrected chi connectivity index (χ3v) is 5.68. The number of hydrogen-bond donors (Lipinski definition) is 1. The molecule has 0 saturated carbocycles. The average Bonchev–Trinajstić information content (AvgIpc) is 2.71. The Morgan fingerprint density at radius 2 is 1.89 bits per heavy atom. The van der Waals surface area contributed by atoms with Gasteiger partial charge in [-0.05, 0) is 38.6 Å². The van der Waals surface area contributed by atoms with Gasteiger partial charge in [-0.2, -0.15) is 4.37 Å². The summed E-state index contributed by atoms with van der Waals surface area (Å²) in [5.74, 6) is 0.148. The molecule has 0 bridgehead atoms. The molecule has 0 aliphatic rings. The van der Waals surface area contributed by atoms with Crippen LogP contribution in [0.5, 0.6) is 0 Å². The van der Waals surface area contributed by atoms with Crippen molar-refractivity contribution < 1.29 is 8.42 Å². The molecule has 0 spiro atoms. The van der Waals surface area contributed by atoms with E-state index in [0.717, 1.165) is 31.0 Å². The van der Waals surface area contributed by atoms with E-state index in [9.17, 15) is 8.42 Å². The molecule has 2 N–H and O–H groups in total. The molecule has 0 aromatic carbocycles. The van der Waals surface area contributed by atoms with Gasteiger partial charge in [0.15, 0.2) is 15.7 Å². The summed E-state index contributed by atoms with van der Waals surface area (Å²) in [6, 6.07) is 0. The topological polar surface area (TPSA) is 79.5 Å². The third-order valence-electron chi connectivity index (χ3n) is 2.79. The Kier molecular flexibility index (Phi) is 5.57. The first-order chi connectivity index (χ1) is 8.79. The lowest BCUT2D eigenvalue weighted by Gasteiger charge is -2.19. The zero-order valence-electron chi connectivity index (χ0n) is 11.9. The summed E-state index contributed by atoms with van der Waals surface area (Å²) in [7, 11) is 2.56. The van der Waals surface area contributed by atoms with Crippen LogP contribution in [0.2, 0.25) is 0 Å². The van der Waals surface area contributed by atoms with Gasteiger partial charge >= 0.3 is 0 Å². The van der Waals surface area contributed by atoms with Gasteiger partial charge in [-0.1, -0.05) is 6.92 Å². The monoisotopic (exact) mass is 306 g/mol. The van der Waals surface area contributed by atoms with Crippen molar-refractivity contribution in [3.8, 4) is 0 Å². The van der Waals surface area contributed by atoms with E-state index in [1.807, 2.05) is 26.0 Å². The van der Waals surface area contributed by atoms with Crippen molar-refractivity contribution in [2.24, 2.45) is 0 Å². The molecule has 0 radical (unpaired) electrons. The average molecular weight is 306 g/mol. The van der Waals surface area contributed by atoms with Crippen molar-refractivity contribution in [1.82, 2.24) is 9.27 Å². The molecule has 0 fully saturated rings. The molecule has 8 heteroatoms. The summed E-state index contributed by atoms with van der Waals surface area (Å²) in [6.07, 6.45) is 0.951. The van der Waals surface area contributed by atoms with Crippen LogP contribution in [0.25, 0.3) is 0 Å². The predicted molar refractivity (Wildman–Crippen MR) is 80.7 cm³/mol. The fraction of sp³-hybridized carbons (Fsp3) is 0.727. The van der Waals surface area contributed by atoms with Crippen LogP contribution in [-0.4, -0.2) is 57.7 Å². The molecule has 0 atom stereocenters. The molecule has 19 heavy (non-hydrogen) atoms. The van der Waals surface area contributed by atoms with E-state index in [1.54, 1.807) is 6.92 Å². The lowest BCUT2D eigenvalue weighted by atomic mass is 10.4. The number of sulfone groups is 1. The maximum atomic E-state index is 12.0. The van der Waals surface area contributed by atoms with Gasteiger partial charge in [0.2, 0.25) is 0 Å². The van der Waals surface area contributed by atoms with E-state index in [4.69, 9.17) is 5.73 Å². The summed E-state index contributed by atoms with van der Waals surface area (Å²) >= 11 is 1.14. The fourth-order valence-electron chi connectivity index (χ4n) is 1.69. The molecule has 0 saturated heterocycles. The van der Waals surface area contributed by atoms with Gasteiger partial charge in [0.05, 0.1) is 5.75 Å². The Labute approximate surface area is 119 Å². The van der Waals surface area contributed by atoms with Crippen molar-refractivity contribution in [1.29, 1.82) is 0 Å². The molecule has 1 rings (SSSR count). The highest BCUT2D eigenvalue weighted by molar-refractivity contribution is 7.91. The van der Waals surface area contributed by atoms with Gasteiger partial charge in [-0.3, -0.25) is 0 Å². The Morgan fingerprint density at radius 1 is 1.26 bits per heavy atom. The van der Waals surface area contributed by atoms with Crippen LogP contribution < -0.4 is 10.6 Å². The smallest absolute Gasteiger partial charge is 0.184 e. The van der Waals surface area contributed by atoms with Crippen molar-refractivity contribution in [3.05, 3.63) is 0 Å². The summed E-state index contributed by atoms with van der Waals surface area (Å²) in [4.78, 5) is 4.20. The van der Waals surface area contributed by atoms with Crippen molar-refractivity contribution >= 4 is 32.2 Å². The second-order valence-electron chi connectivity index (χ2n) is 4.68. The van der Waals surface area contributed by atoms with Crippen LogP contribution in [0.15, 0.2) is 4.90 Å². The third kappa shape index (κ3) is 4.05. The Hall–Kier alpha value is -0.860. The molecule has 0 aliphatic carbocycles. The molecule has 0 unspecified atom stereocenters. The minimum atomic E-state index is -3.33. The number of rotatable bonds is 7. The zero-order chi connectivity index (χ0) is 14.6. The van der Waals surface area contributed by atoms with Crippen LogP contribution in [0.4, 0.5) is 10.8 Å². The molecule has 1 aromatic heterocycles. The Balaban J connectivity index is 2.90. The number of anilines is 2. The maximum absolute atomic E-state index is 12.0. The molecule has 0 amide bonds. The highest BCUT2D eigenvalue weighted by Gasteiger charge is 2.25. The molecule has 110 valence electrons. The number of nitrogen functional groups attached to an aromatic ring is 1. The molecular formula is C11H22N4O2S2. The van der Waals surface area contributed by atoms with Crippen LogP contribution >= 0.6 is 11.5 Å². The SMILES string of the molecule is CCS(=O)(=O)c1c(N)nsc1N(C)CCCN(C)C. The quantitative estimate of drug-likeness (QED) is 0.806. The highest BCUT2D eigenvalue weighted by atomic mass is 32.2. The maximum Gasteiger partial charge on any atom is 0.184 e. The zero-order valence-corrected chi connectivity index (χ0v) is 13.5. The van der Waals surface area contributed by atoms with Gasteiger partial charge < -0.3 is 15.5 Å². The van der Waals surface area contributed by atoms with Crippen molar-refractivity contribution in [2.75, 3.05) is 50.6 Å². The molecule has 0 aliphatic heterocycles. The first-order valence-electron chi connectivity index (χ1n) is 6.13. The van der Waals surface area contributed by atoms with Crippen LogP contribution in [0.3, 0.4) is 0 Å². The van der Waals surface area contributed by atoms with Gasteiger partial charge in [0, 0.05) is 13.6 Å². The molecule has 1 aromatic rings. The van der Waals surface area contributed by atoms with E-state index in [0.29, 0.717) is 5.00 Å². The minimum absolute atomic E-state index is 0.0359. The largest absolute Gasteiger partial charge is 0.382 e. The standard InChI is InChI=1S/C11H22N4O2S2/c1-5-19(16,17)9-10(12)13-18-11(9)15(4)8-6-7-14(2)3/h5-8H2,1-4H3,(H2,12,13). The Morgan fingerprint density at radius 3 is 2.42 bits per heavy atom. The lowest BCUT2D eigenvalue weighted by Crippen LogP contribution is -2.24. The van der Waals surface area contributed by atoms with Crippen molar-refractivity contribution in [2.45, 2.75) is 18.2 Å². The summed E-state index contributed by atoms with van der Waals surface area (Å²) in [5.41, 5.74) is 5.70. The predicted octanol–water partition coefficient (Wildman–Crippen LogP) is 0.907. The van der Waals surface area contributed by atoms with E-state index >= 15 is 0 Å². The molecule has 1 heterocycles.